The first-order chi connectivity index (χ1) is 15.9. The highest BCUT2D eigenvalue weighted by Gasteiger charge is 2.47. The van der Waals surface area contributed by atoms with E-state index < -0.39 is 25.6 Å². The highest BCUT2D eigenvalue weighted by Crippen LogP contribution is 2.61. The lowest BCUT2D eigenvalue weighted by Gasteiger charge is -2.49. The number of rotatable bonds is 3. The molecule has 0 aliphatic carbocycles. The SMILES string of the molecule is CC1(C)c2cc([N+](=O)[O-])ccc2N2c3ccc([N+](=O)[O-])cc3C(C)(C)c3cc([N+](=O)[O-])cc1c32. The fourth-order valence-electron chi connectivity index (χ4n) is 5.25. The summed E-state index contributed by atoms with van der Waals surface area (Å²) in [5.41, 5.74) is 2.97. The molecule has 10 nitrogen and oxygen atoms in total. The number of non-ortho nitro benzene ring substituents is 3. The van der Waals surface area contributed by atoms with Crippen molar-refractivity contribution in [2.24, 2.45) is 0 Å². The molecule has 3 aromatic carbocycles. The summed E-state index contributed by atoms with van der Waals surface area (Å²) in [6, 6.07) is 12.3. The lowest BCUT2D eigenvalue weighted by atomic mass is 9.66. The Hall–Kier alpha value is -4.34. The standard InChI is InChI=1S/C24H20N4O6/c1-23(2)16-9-13(26(29)30)5-7-20(16)25-21-8-6-14(27(31)32)10-17(21)24(3,4)19-12-15(28(33)34)11-18(23)22(19)25/h5-12H,1-4H3. The van der Waals surface area contributed by atoms with Crippen LogP contribution in [0.4, 0.5) is 34.1 Å². The molecule has 0 saturated heterocycles. The predicted molar refractivity (Wildman–Crippen MR) is 125 cm³/mol. The maximum Gasteiger partial charge on any atom is 0.270 e. The second kappa shape index (κ2) is 6.60. The molecule has 0 radical (unpaired) electrons. The van der Waals surface area contributed by atoms with Gasteiger partial charge in [-0.1, -0.05) is 27.7 Å². The van der Waals surface area contributed by atoms with Crippen molar-refractivity contribution in [1.29, 1.82) is 0 Å². The van der Waals surface area contributed by atoms with Gasteiger partial charge in [0.05, 0.1) is 31.8 Å². The normalized spacial score (nSPS) is 16.2. The molecule has 5 rings (SSSR count). The Morgan fingerprint density at radius 2 is 0.941 bits per heavy atom. The third kappa shape index (κ3) is 2.68. The highest BCUT2D eigenvalue weighted by molar-refractivity contribution is 5.94. The van der Waals surface area contributed by atoms with Crippen molar-refractivity contribution in [1.82, 2.24) is 0 Å². The number of fused-ring (bicyclic) bond motifs is 4. The van der Waals surface area contributed by atoms with E-state index in [1.165, 1.54) is 36.4 Å². The van der Waals surface area contributed by atoms with Gasteiger partial charge in [-0.15, -0.1) is 0 Å². The van der Waals surface area contributed by atoms with Crippen molar-refractivity contribution in [2.45, 2.75) is 38.5 Å². The van der Waals surface area contributed by atoms with Gasteiger partial charge >= 0.3 is 0 Å². The molecule has 10 heteroatoms. The predicted octanol–water partition coefficient (Wildman–Crippen LogP) is 6.16. The molecule has 0 fully saturated rings. The van der Waals surface area contributed by atoms with E-state index in [-0.39, 0.29) is 17.1 Å². The summed E-state index contributed by atoms with van der Waals surface area (Å²) in [6.45, 7) is 7.57. The van der Waals surface area contributed by atoms with E-state index in [9.17, 15) is 30.3 Å². The lowest BCUT2D eigenvalue weighted by molar-refractivity contribution is -0.385. The van der Waals surface area contributed by atoms with Crippen LogP contribution in [0.3, 0.4) is 0 Å². The summed E-state index contributed by atoms with van der Waals surface area (Å²) in [6.07, 6.45) is 0. The molecule has 0 bridgehead atoms. The first kappa shape index (κ1) is 21.5. The second-order valence-electron chi connectivity index (χ2n) is 9.65. The summed E-state index contributed by atoms with van der Waals surface area (Å²) in [5, 5.41) is 34.9. The van der Waals surface area contributed by atoms with E-state index in [1.807, 2.05) is 32.6 Å². The molecule has 3 aromatic rings. The van der Waals surface area contributed by atoms with Crippen LogP contribution in [0.2, 0.25) is 0 Å². The Morgan fingerprint density at radius 3 is 1.29 bits per heavy atom. The number of nitrogens with zero attached hydrogens (tertiary/aromatic N) is 4. The number of anilines is 3. The van der Waals surface area contributed by atoms with Gasteiger partial charge in [-0.05, 0) is 34.4 Å². The van der Waals surface area contributed by atoms with Gasteiger partial charge in [-0.3, -0.25) is 30.3 Å². The van der Waals surface area contributed by atoms with Gasteiger partial charge in [-0.25, -0.2) is 0 Å². The van der Waals surface area contributed by atoms with Crippen LogP contribution in [-0.4, -0.2) is 14.8 Å². The Labute approximate surface area is 193 Å². The van der Waals surface area contributed by atoms with Crippen molar-refractivity contribution >= 4 is 34.1 Å². The number of benzene rings is 3. The molecular weight excluding hydrogens is 440 g/mol. The Balaban J connectivity index is 1.94. The highest BCUT2D eigenvalue weighted by atomic mass is 16.6. The van der Waals surface area contributed by atoms with E-state index >= 15 is 0 Å². The van der Waals surface area contributed by atoms with Gasteiger partial charge in [0.2, 0.25) is 0 Å². The van der Waals surface area contributed by atoms with Gasteiger partial charge in [0.15, 0.2) is 0 Å². The molecule has 2 aliphatic heterocycles. The third-order valence-corrected chi connectivity index (χ3v) is 7.09. The van der Waals surface area contributed by atoms with Crippen LogP contribution in [-0.2, 0) is 10.8 Å². The summed E-state index contributed by atoms with van der Waals surface area (Å²) in [5.74, 6) is 0. The van der Waals surface area contributed by atoms with Crippen LogP contribution in [0.1, 0.15) is 49.9 Å². The summed E-state index contributed by atoms with van der Waals surface area (Å²) >= 11 is 0. The van der Waals surface area contributed by atoms with E-state index in [1.54, 1.807) is 12.1 Å². The minimum absolute atomic E-state index is 0.0813. The van der Waals surface area contributed by atoms with Gasteiger partial charge in [0.1, 0.15) is 0 Å². The van der Waals surface area contributed by atoms with Crippen LogP contribution in [0.25, 0.3) is 0 Å². The molecule has 0 spiro atoms. The maximum atomic E-state index is 11.9. The summed E-state index contributed by atoms with van der Waals surface area (Å²) in [7, 11) is 0. The Kier molecular flexibility index (Phi) is 4.17. The van der Waals surface area contributed by atoms with Gasteiger partial charge in [0.25, 0.3) is 17.1 Å². The largest absolute Gasteiger partial charge is 0.309 e. The van der Waals surface area contributed by atoms with Crippen molar-refractivity contribution in [2.75, 3.05) is 4.90 Å². The molecule has 2 heterocycles. The summed E-state index contributed by atoms with van der Waals surface area (Å²) < 4.78 is 0. The van der Waals surface area contributed by atoms with Crippen molar-refractivity contribution in [3.05, 3.63) is 101 Å². The number of nitro benzene ring substituents is 3. The molecule has 2 aliphatic rings. The van der Waals surface area contributed by atoms with E-state index in [0.717, 1.165) is 5.69 Å². The van der Waals surface area contributed by atoms with E-state index in [4.69, 9.17) is 0 Å². The number of hydrogen-bond acceptors (Lipinski definition) is 7. The van der Waals surface area contributed by atoms with Crippen LogP contribution < -0.4 is 4.90 Å². The van der Waals surface area contributed by atoms with E-state index in [0.29, 0.717) is 33.6 Å². The van der Waals surface area contributed by atoms with Gasteiger partial charge < -0.3 is 4.90 Å². The maximum absolute atomic E-state index is 11.9. The quantitative estimate of drug-likeness (QED) is 0.337. The molecule has 0 atom stereocenters. The average Bonchev–Trinajstić information content (AvgIpc) is 2.77. The first-order valence-electron chi connectivity index (χ1n) is 10.6. The molecule has 0 amide bonds. The summed E-state index contributed by atoms with van der Waals surface area (Å²) in [4.78, 5) is 35.4. The topological polar surface area (TPSA) is 133 Å². The molecule has 172 valence electrons. The monoisotopic (exact) mass is 460 g/mol. The Morgan fingerprint density at radius 1 is 0.588 bits per heavy atom. The van der Waals surface area contributed by atoms with Crippen molar-refractivity contribution in [3.63, 3.8) is 0 Å². The third-order valence-electron chi connectivity index (χ3n) is 7.09. The van der Waals surface area contributed by atoms with Crippen LogP contribution in [0.5, 0.6) is 0 Å². The van der Waals surface area contributed by atoms with Gasteiger partial charge in [-0.2, -0.15) is 0 Å². The van der Waals surface area contributed by atoms with Crippen molar-refractivity contribution in [3.8, 4) is 0 Å². The van der Waals surface area contributed by atoms with Gasteiger partial charge in [0, 0.05) is 47.2 Å². The molecule has 34 heavy (non-hydrogen) atoms. The van der Waals surface area contributed by atoms with Crippen LogP contribution in [0, 0.1) is 30.3 Å². The molecule has 0 unspecified atom stereocenters. The lowest BCUT2D eigenvalue weighted by Crippen LogP contribution is -2.38. The zero-order chi connectivity index (χ0) is 24.7. The molecular formula is C24H20N4O6. The fraction of sp³-hybridized carbons (Fsp3) is 0.250. The zero-order valence-electron chi connectivity index (χ0n) is 18.9. The van der Waals surface area contributed by atoms with Crippen LogP contribution >= 0.6 is 0 Å². The second-order valence-corrected chi connectivity index (χ2v) is 9.65. The Bertz CT molecular complexity index is 1360. The number of hydrogen-bond donors (Lipinski definition) is 0. The molecule has 0 saturated carbocycles. The fourth-order valence-corrected chi connectivity index (χ4v) is 5.25. The first-order valence-corrected chi connectivity index (χ1v) is 10.6. The zero-order valence-corrected chi connectivity index (χ0v) is 18.9. The van der Waals surface area contributed by atoms with Crippen molar-refractivity contribution < 1.29 is 14.8 Å². The minimum atomic E-state index is -0.775. The molecule has 0 aromatic heterocycles. The average molecular weight is 460 g/mol. The number of nitro groups is 3. The van der Waals surface area contributed by atoms with Crippen LogP contribution in [0.15, 0.2) is 48.5 Å². The molecule has 0 N–H and O–H groups in total. The smallest absolute Gasteiger partial charge is 0.270 e. The van der Waals surface area contributed by atoms with E-state index in [2.05, 4.69) is 0 Å². The minimum Gasteiger partial charge on any atom is -0.309 e.